The second kappa shape index (κ2) is 9.92. The van der Waals surface area contributed by atoms with E-state index in [1.54, 1.807) is 0 Å². The van der Waals surface area contributed by atoms with Gasteiger partial charge < -0.3 is 16.6 Å². The summed E-state index contributed by atoms with van der Waals surface area (Å²) in [5.41, 5.74) is 16.9. The molecule has 3 fully saturated rings. The van der Waals surface area contributed by atoms with E-state index >= 15 is 0 Å². The first-order valence-electron chi connectivity index (χ1n) is 13.6. The van der Waals surface area contributed by atoms with Gasteiger partial charge in [-0.2, -0.15) is 0 Å². The van der Waals surface area contributed by atoms with Crippen LogP contribution in [0.5, 0.6) is 0 Å². The molecular weight excluding hydrogens is 392 g/mol. The average Bonchev–Trinajstić information content (AvgIpc) is 2.97. The third-order valence-electron chi connectivity index (χ3n) is 10.6. The highest BCUT2D eigenvalue weighted by atomic mass is 16.3. The molecule has 0 spiro atoms. The smallest absolute Gasteiger partial charge is 0.0583 e. The SMILES string of the molecule is C=C1CCC(O)CC1=CCC1CCCC2(C)C(N)(C(C)CCC(CC)C(C)C)CCC12N. The van der Waals surface area contributed by atoms with Crippen LogP contribution in [-0.4, -0.2) is 22.3 Å². The minimum Gasteiger partial charge on any atom is -0.393 e. The summed E-state index contributed by atoms with van der Waals surface area (Å²) < 4.78 is 0. The maximum absolute atomic E-state index is 10.1. The lowest BCUT2D eigenvalue weighted by Crippen LogP contribution is -2.68. The van der Waals surface area contributed by atoms with Crippen LogP contribution in [0.4, 0.5) is 0 Å². The molecule has 3 aliphatic carbocycles. The first-order chi connectivity index (χ1) is 15.0. The maximum Gasteiger partial charge on any atom is 0.0583 e. The van der Waals surface area contributed by atoms with E-state index < -0.39 is 0 Å². The molecule has 32 heavy (non-hydrogen) atoms. The van der Waals surface area contributed by atoms with E-state index in [1.165, 1.54) is 43.3 Å². The number of aliphatic hydroxyl groups excluding tert-OH is 1. The van der Waals surface area contributed by atoms with Crippen LogP contribution in [0.15, 0.2) is 23.8 Å². The molecule has 3 heteroatoms. The zero-order chi connectivity index (χ0) is 23.7. The molecule has 0 aromatic rings. The molecule has 3 rings (SSSR count). The molecule has 3 saturated carbocycles. The molecule has 0 amide bonds. The fourth-order valence-electron chi connectivity index (χ4n) is 7.84. The first-order valence-corrected chi connectivity index (χ1v) is 13.6. The second-order valence-electron chi connectivity index (χ2n) is 12.4. The first kappa shape index (κ1) is 26.0. The van der Waals surface area contributed by atoms with Crippen molar-refractivity contribution in [3.8, 4) is 0 Å². The zero-order valence-corrected chi connectivity index (χ0v) is 21.8. The average molecular weight is 445 g/mol. The van der Waals surface area contributed by atoms with E-state index in [0.29, 0.717) is 11.8 Å². The predicted octanol–water partition coefficient (Wildman–Crippen LogP) is 6.50. The highest BCUT2D eigenvalue weighted by molar-refractivity contribution is 5.32. The second-order valence-corrected chi connectivity index (χ2v) is 12.4. The lowest BCUT2D eigenvalue weighted by Gasteiger charge is -2.57. The van der Waals surface area contributed by atoms with E-state index in [0.717, 1.165) is 56.8 Å². The molecule has 0 heterocycles. The van der Waals surface area contributed by atoms with Crippen molar-refractivity contribution in [2.75, 3.05) is 0 Å². The van der Waals surface area contributed by atoms with Crippen LogP contribution in [0.1, 0.15) is 112 Å². The van der Waals surface area contributed by atoms with Gasteiger partial charge in [-0.15, -0.1) is 0 Å². The van der Waals surface area contributed by atoms with Crippen molar-refractivity contribution in [2.24, 2.45) is 40.6 Å². The predicted molar refractivity (Wildman–Crippen MR) is 137 cm³/mol. The Labute approximate surface area is 198 Å². The van der Waals surface area contributed by atoms with Gasteiger partial charge in [0.15, 0.2) is 0 Å². The van der Waals surface area contributed by atoms with Gasteiger partial charge in [0.2, 0.25) is 0 Å². The Morgan fingerprint density at radius 1 is 1.12 bits per heavy atom. The van der Waals surface area contributed by atoms with Gasteiger partial charge >= 0.3 is 0 Å². The Morgan fingerprint density at radius 2 is 1.84 bits per heavy atom. The van der Waals surface area contributed by atoms with Crippen molar-refractivity contribution < 1.29 is 5.11 Å². The molecule has 3 aliphatic rings. The lowest BCUT2D eigenvalue weighted by atomic mass is 9.52. The summed E-state index contributed by atoms with van der Waals surface area (Å²) in [5, 5.41) is 10.1. The summed E-state index contributed by atoms with van der Waals surface area (Å²) in [7, 11) is 0. The van der Waals surface area contributed by atoms with E-state index in [9.17, 15) is 5.11 Å². The minimum absolute atomic E-state index is 0.0104. The van der Waals surface area contributed by atoms with E-state index in [2.05, 4.69) is 47.3 Å². The van der Waals surface area contributed by atoms with Crippen LogP contribution in [0.2, 0.25) is 0 Å². The fourth-order valence-corrected chi connectivity index (χ4v) is 7.84. The standard InChI is InChI=1S/C29H52N2O/c1-7-23(20(2)3)12-11-22(5)28(30)17-18-29(31)25(9-8-16-27(28,29)6)14-13-24-19-26(32)15-10-21(24)4/h13,20,22-23,25-26,32H,4,7-12,14-19,30-31H2,1-3,5-6H3. The molecule has 0 bridgehead atoms. The van der Waals surface area contributed by atoms with Gasteiger partial charge in [0.25, 0.3) is 0 Å². The largest absolute Gasteiger partial charge is 0.393 e. The molecule has 3 nitrogen and oxygen atoms in total. The summed E-state index contributed by atoms with van der Waals surface area (Å²) in [5.74, 6) is 2.50. The van der Waals surface area contributed by atoms with Crippen LogP contribution in [-0.2, 0) is 0 Å². The number of hydrogen-bond donors (Lipinski definition) is 3. The van der Waals surface area contributed by atoms with Gasteiger partial charge in [0.1, 0.15) is 0 Å². The van der Waals surface area contributed by atoms with Gasteiger partial charge in [-0.1, -0.05) is 65.7 Å². The summed E-state index contributed by atoms with van der Waals surface area (Å²) in [6.07, 6.45) is 15.1. The highest BCUT2D eigenvalue weighted by Gasteiger charge is 2.66. The Balaban J connectivity index is 1.76. The van der Waals surface area contributed by atoms with Gasteiger partial charge in [-0.25, -0.2) is 0 Å². The van der Waals surface area contributed by atoms with Crippen LogP contribution in [0.25, 0.3) is 0 Å². The molecule has 184 valence electrons. The molecule has 7 atom stereocenters. The maximum atomic E-state index is 10.1. The molecule has 0 aliphatic heterocycles. The quantitative estimate of drug-likeness (QED) is 0.400. The third kappa shape index (κ3) is 4.51. The van der Waals surface area contributed by atoms with Crippen molar-refractivity contribution in [3.05, 3.63) is 23.8 Å². The summed E-state index contributed by atoms with van der Waals surface area (Å²) in [4.78, 5) is 0. The van der Waals surface area contributed by atoms with Crippen molar-refractivity contribution in [2.45, 2.75) is 129 Å². The molecular formula is C29H52N2O. The molecule has 0 aromatic heterocycles. The number of rotatable bonds is 8. The van der Waals surface area contributed by atoms with Crippen LogP contribution in [0.3, 0.4) is 0 Å². The fraction of sp³-hybridized carbons (Fsp3) is 0.862. The zero-order valence-electron chi connectivity index (χ0n) is 21.8. The van der Waals surface area contributed by atoms with Crippen molar-refractivity contribution in [1.29, 1.82) is 0 Å². The molecule has 5 N–H and O–H groups in total. The highest BCUT2D eigenvalue weighted by Crippen LogP contribution is 2.63. The molecule has 0 radical (unpaired) electrons. The Kier molecular flexibility index (Phi) is 8.05. The van der Waals surface area contributed by atoms with Gasteiger partial charge in [-0.05, 0) is 93.5 Å². The monoisotopic (exact) mass is 444 g/mol. The number of hydrogen-bond acceptors (Lipinski definition) is 3. The van der Waals surface area contributed by atoms with Crippen molar-refractivity contribution in [3.63, 3.8) is 0 Å². The molecule has 0 aromatic carbocycles. The summed E-state index contributed by atoms with van der Waals surface area (Å²) >= 11 is 0. The van der Waals surface area contributed by atoms with E-state index in [-0.39, 0.29) is 22.6 Å². The number of nitrogens with two attached hydrogens (primary N) is 2. The van der Waals surface area contributed by atoms with E-state index in [1.807, 2.05) is 0 Å². The Bertz CT molecular complexity index is 699. The minimum atomic E-state index is -0.211. The summed E-state index contributed by atoms with van der Waals surface area (Å²) in [6.45, 7) is 16.1. The normalized spacial score (nSPS) is 41.2. The van der Waals surface area contributed by atoms with E-state index in [4.69, 9.17) is 11.5 Å². The van der Waals surface area contributed by atoms with Crippen LogP contribution >= 0.6 is 0 Å². The Hall–Kier alpha value is -0.640. The van der Waals surface area contributed by atoms with Crippen LogP contribution < -0.4 is 11.5 Å². The molecule has 0 saturated heterocycles. The Morgan fingerprint density at radius 3 is 2.50 bits per heavy atom. The number of allylic oxidation sites excluding steroid dienone is 2. The van der Waals surface area contributed by atoms with Gasteiger partial charge in [0, 0.05) is 16.5 Å². The summed E-state index contributed by atoms with van der Waals surface area (Å²) in [6, 6.07) is 0. The lowest BCUT2D eigenvalue weighted by molar-refractivity contribution is -0.0133. The molecule has 7 unspecified atom stereocenters. The number of aliphatic hydroxyl groups is 1. The topological polar surface area (TPSA) is 72.3 Å². The van der Waals surface area contributed by atoms with Gasteiger partial charge in [0.05, 0.1) is 6.10 Å². The third-order valence-corrected chi connectivity index (χ3v) is 10.6. The number of fused-ring (bicyclic) bond motifs is 1. The van der Waals surface area contributed by atoms with Crippen molar-refractivity contribution >= 4 is 0 Å². The van der Waals surface area contributed by atoms with Gasteiger partial charge in [-0.3, -0.25) is 0 Å². The van der Waals surface area contributed by atoms with Crippen LogP contribution in [0, 0.1) is 29.1 Å². The van der Waals surface area contributed by atoms with Crippen molar-refractivity contribution in [1.82, 2.24) is 0 Å².